The molecular formula is C21H26FN3O. The molecule has 4 nitrogen and oxygen atoms in total. The van der Waals surface area contributed by atoms with E-state index >= 15 is 0 Å². The van der Waals surface area contributed by atoms with Gasteiger partial charge in [-0.1, -0.05) is 12.1 Å². The summed E-state index contributed by atoms with van der Waals surface area (Å²) < 4.78 is 13.0. The average Bonchev–Trinajstić information content (AvgIpc) is 3.17. The highest BCUT2D eigenvalue weighted by Crippen LogP contribution is 2.26. The van der Waals surface area contributed by atoms with E-state index in [-0.39, 0.29) is 17.8 Å². The van der Waals surface area contributed by atoms with E-state index in [1.54, 1.807) is 0 Å². The molecule has 26 heavy (non-hydrogen) atoms. The first-order valence-corrected chi connectivity index (χ1v) is 9.10. The van der Waals surface area contributed by atoms with Crippen molar-refractivity contribution in [3.63, 3.8) is 0 Å². The van der Waals surface area contributed by atoms with Gasteiger partial charge in [0.15, 0.2) is 0 Å². The van der Waals surface area contributed by atoms with Gasteiger partial charge in [-0.2, -0.15) is 0 Å². The molecule has 0 saturated carbocycles. The van der Waals surface area contributed by atoms with Crippen LogP contribution in [0, 0.1) is 5.82 Å². The van der Waals surface area contributed by atoms with Gasteiger partial charge >= 0.3 is 0 Å². The van der Waals surface area contributed by atoms with Crippen molar-refractivity contribution in [1.82, 2.24) is 10.2 Å². The van der Waals surface area contributed by atoms with Crippen LogP contribution in [0.4, 0.5) is 10.1 Å². The molecule has 0 bridgehead atoms. The molecule has 1 amide bonds. The Morgan fingerprint density at radius 3 is 2.27 bits per heavy atom. The third kappa shape index (κ3) is 4.41. The summed E-state index contributed by atoms with van der Waals surface area (Å²) in [5, 5.41) is 3.02. The SMILES string of the molecule is CN(C)c1ccc([C@@H](CNC(=O)c2ccc(F)cc2)N2CCCC2)cc1. The van der Waals surface area contributed by atoms with Crippen LogP contribution in [-0.4, -0.2) is 44.5 Å². The molecule has 1 fully saturated rings. The van der Waals surface area contributed by atoms with E-state index in [1.165, 1.54) is 42.7 Å². The molecule has 0 aliphatic carbocycles. The maximum Gasteiger partial charge on any atom is 0.251 e. The topological polar surface area (TPSA) is 35.6 Å². The zero-order chi connectivity index (χ0) is 18.5. The third-order valence-corrected chi connectivity index (χ3v) is 4.94. The monoisotopic (exact) mass is 355 g/mol. The summed E-state index contributed by atoms with van der Waals surface area (Å²) in [6.07, 6.45) is 2.39. The quantitative estimate of drug-likeness (QED) is 0.862. The van der Waals surface area contributed by atoms with Crippen molar-refractivity contribution in [2.75, 3.05) is 38.6 Å². The van der Waals surface area contributed by atoms with Crippen LogP contribution in [0.25, 0.3) is 0 Å². The molecule has 138 valence electrons. The number of carbonyl (C=O) groups is 1. The summed E-state index contributed by atoms with van der Waals surface area (Å²) in [6, 6.07) is 14.3. The number of nitrogens with zero attached hydrogens (tertiary/aromatic N) is 2. The highest BCUT2D eigenvalue weighted by Gasteiger charge is 2.24. The van der Waals surface area contributed by atoms with E-state index in [9.17, 15) is 9.18 Å². The molecule has 3 rings (SSSR count). The molecule has 0 aromatic heterocycles. The van der Waals surface area contributed by atoms with E-state index in [2.05, 4.69) is 39.4 Å². The average molecular weight is 355 g/mol. The Bertz CT molecular complexity index is 722. The smallest absolute Gasteiger partial charge is 0.251 e. The summed E-state index contributed by atoms with van der Waals surface area (Å²) >= 11 is 0. The van der Waals surface area contributed by atoms with Crippen LogP contribution >= 0.6 is 0 Å². The maximum atomic E-state index is 13.0. The largest absolute Gasteiger partial charge is 0.378 e. The summed E-state index contributed by atoms with van der Waals surface area (Å²) in [4.78, 5) is 16.9. The molecule has 1 atom stereocenters. The second kappa shape index (κ2) is 8.32. The van der Waals surface area contributed by atoms with Gasteiger partial charge < -0.3 is 10.2 Å². The first-order chi connectivity index (χ1) is 12.5. The third-order valence-electron chi connectivity index (χ3n) is 4.94. The molecule has 2 aromatic rings. The van der Waals surface area contributed by atoms with Gasteiger partial charge in [0.05, 0.1) is 6.04 Å². The number of benzene rings is 2. The summed E-state index contributed by atoms with van der Waals surface area (Å²) in [5.41, 5.74) is 2.84. The molecule has 1 aliphatic heterocycles. The minimum absolute atomic E-state index is 0.151. The first-order valence-electron chi connectivity index (χ1n) is 9.10. The molecule has 0 radical (unpaired) electrons. The van der Waals surface area contributed by atoms with Gasteiger partial charge in [0.1, 0.15) is 5.82 Å². The molecule has 1 heterocycles. The Morgan fingerprint density at radius 2 is 1.69 bits per heavy atom. The van der Waals surface area contributed by atoms with Gasteiger partial charge in [-0.3, -0.25) is 9.69 Å². The van der Waals surface area contributed by atoms with Crippen molar-refractivity contribution >= 4 is 11.6 Å². The molecule has 1 aliphatic rings. The number of nitrogens with one attached hydrogen (secondary N) is 1. The Hall–Kier alpha value is -2.40. The van der Waals surface area contributed by atoms with Crippen molar-refractivity contribution in [2.45, 2.75) is 18.9 Å². The number of rotatable bonds is 6. The van der Waals surface area contributed by atoms with Crippen molar-refractivity contribution in [1.29, 1.82) is 0 Å². The van der Waals surface area contributed by atoms with Gasteiger partial charge in [-0.15, -0.1) is 0 Å². The highest BCUT2D eigenvalue weighted by atomic mass is 19.1. The van der Waals surface area contributed by atoms with Crippen LogP contribution in [0.1, 0.15) is 34.8 Å². The van der Waals surface area contributed by atoms with Crippen molar-refractivity contribution in [2.24, 2.45) is 0 Å². The van der Waals surface area contributed by atoms with Crippen LogP contribution < -0.4 is 10.2 Å². The van der Waals surface area contributed by atoms with Crippen molar-refractivity contribution in [3.05, 3.63) is 65.5 Å². The fraction of sp³-hybridized carbons (Fsp3) is 0.381. The van der Waals surface area contributed by atoms with Crippen LogP contribution in [0.15, 0.2) is 48.5 Å². The van der Waals surface area contributed by atoms with Crippen LogP contribution in [0.5, 0.6) is 0 Å². The van der Waals surface area contributed by atoms with E-state index < -0.39 is 0 Å². The Kier molecular flexibility index (Phi) is 5.89. The Labute approximate surface area is 154 Å². The fourth-order valence-electron chi connectivity index (χ4n) is 3.40. The number of carbonyl (C=O) groups excluding carboxylic acids is 1. The summed E-state index contributed by atoms with van der Waals surface area (Å²) in [7, 11) is 4.05. The minimum Gasteiger partial charge on any atom is -0.378 e. The van der Waals surface area contributed by atoms with Crippen molar-refractivity contribution in [3.8, 4) is 0 Å². The van der Waals surface area contributed by atoms with Gasteiger partial charge in [-0.25, -0.2) is 4.39 Å². The van der Waals surface area contributed by atoms with Gasteiger partial charge in [0.2, 0.25) is 0 Å². The molecule has 2 aromatic carbocycles. The highest BCUT2D eigenvalue weighted by molar-refractivity contribution is 5.94. The van der Waals surface area contributed by atoms with Crippen LogP contribution in [0.3, 0.4) is 0 Å². The second-order valence-corrected chi connectivity index (χ2v) is 6.96. The summed E-state index contributed by atoms with van der Waals surface area (Å²) in [6.45, 7) is 2.64. The lowest BCUT2D eigenvalue weighted by Gasteiger charge is -2.28. The lowest BCUT2D eigenvalue weighted by molar-refractivity contribution is 0.0938. The zero-order valence-corrected chi connectivity index (χ0v) is 15.4. The molecule has 0 spiro atoms. The number of hydrogen-bond donors (Lipinski definition) is 1. The molecule has 0 unspecified atom stereocenters. The fourth-order valence-corrected chi connectivity index (χ4v) is 3.40. The normalized spacial score (nSPS) is 15.7. The number of halogens is 1. The maximum absolute atomic E-state index is 13.0. The first kappa shape index (κ1) is 18.4. The Balaban J connectivity index is 1.72. The predicted octanol–water partition coefficient (Wildman–Crippen LogP) is 3.46. The van der Waals surface area contributed by atoms with E-state index in [1.807, 2.05) is 14.1 Å². The van der Waals surface area contributed by atoms with Gasteiger partial charge in [-0.05, 0) is 67.9 Å². The van der Waals surface area contributed by atoms with E-state index in [0.717, 1.165) is 18.8 Å². The zero-order valence-electron chi connectivity index (χ0n) is 15.4. The Morgan fingerprint density at radius 1 is 1.08 bits per heavy atom. The molecule has 1 N–H and O–H groups in total. The summed E-state index contributed by atoms with van der Waals surface area (Å²) in [5.74, 6) is -0.503. The van der Waals surface area contributed by atoms with E-state index in [0.29, 0.717) is 12.1 Å². The lowest BCUT2D eigenvalue weighted by Crippen LogP contribution is -2.36. The van der Waals surface area contributed by atoms with Gasteiger partial charge in [0.25, 0.3) is 5.91 Å². The number of hydrogen-bond acceptors (Lipinski definition) is 3. The predicted molar refractivity (Wildman–Crippen MR) is 103 cm³/mol. The second-order valence-electron chi connectivity index (χ2n) is 6.96. The standard InChI is InChI=1S/C21H26FN3O/c1-24(2)19-11-7-16(8-12-19)20(25-13-3-4-14-25)15-23-21(26)17-5-9-18(22)10-6-17/h5-12,20H,3-4,13-15H2,1-2H3,(H,23,26)/t20-/m1/s1. The number of anilines is 1. The number of likely N-dealkylation sites (tertiary alicyclic amines) is 1. The number of amides is 1. The van der Waals surface area contributed by atoms with E-state index in [4.69, 9.17) is 0 Å². The van der Waals surface area contributed by atoms with Gasteiger partial charge in [0, 0.05) is 31.9 Å². The van der Waals surface area contributed by atoms with Crippen LogP contribution in [-0.2, 0) is 0 Å². The minimum atomic E-state index is -0.336. The molecule has 1 saturated heterocycles. The van der Waals surface area contributed by atoms with Crippen molar-refractivity contribution < 1.29 is 9.18 Å². The van der Waals surface area contributed by atoms with Crippen LogP contribution in [0.2, 0.25) is 0 Å². The molecular weight excluding hydrogens is 329 g/mol. The molecule has 5 heteroatoms. The lowest BCUT2D eigenvalue weighted by atomic mass is 10.0.